The van der Waals surface area contributed by atoms with Crippen molar-refractivity contribution in [2.75, 3.05) is 11.9 Å². The molecule has 0 fully saturated rings. The highest BCUT2D eigenvalue weighted by Crippen LogP contribution is 2.22. The molecule has 3 rings (SSSR count). The van der Waals surface area contributed by atoms with E-state index in [2.05, 4.69) is 20.7 Å². The van der Waals surface area contributed by atoms with Gasteiger partial charge in [0, 0.05) is 12.4 Å². The Labute approximate surface area is 143 Å². The van der Waals surface area contributed by atoms with Gasteiger partial charge in [0.15, 0.2) is 5.65 Å². The van der Waals surface area contributed by atoms with Crippen molar-refractivity contribution in [1.29, 1.82) is 0 Å². The number of rotatable bonds is 4. The van der Waals surface area contributed by atoms with Gasteiger partial charge >= 0.3 is 6.03 Å². The fourth-order valence-electron chi connectivity index (χ4n) is 2.48. The van der Waals surface area contributed by atoms with Crippen LogP contribution in [0.2, 0.25) is 0 Å². The van der Waals surface area contributed by atoms with Crippen LogP contribution in [0.3, 0.4) is 0 Å². The molecule has 3 N–H and O–H groups in total. The third-order valence-corrected chi connectivity index (χ3v) is 4.54. The van der Waals surface area contributed by atoms with Gasteiger partial charge in [0.2, 0.25) is 0 Å². The van der Waals surface area contributed by atoms with Gasteiger partial charge in [-0.1, -0.05) is 0 Å². The molecule has 1 unspecified atom stereocenters. The highest BCUT2D eigenvalue weighted by molar-refractivity contribution is 7.08. The SMILES string of the molecule is Cc1nn(C)c2ncc(NC(=O)NCC(C)(O)c3ccsc3)cc12. The Morgan fingerprint density at radius 2 is 2.29 bits per heavy atom. The van der Waals surface area contributed by atoms with Crippen LogP contribution in [0.1, 0.15) is 18.2 Å². The van der Waals surface area contributed by atoms with Crippen LogP contribution >= 0.6 is 11.3 Å². The molecule has 24 heavy (non-hydrogen) atoms. The number of anilines is 1. The lowest BCUT2D eigenvalue weighted by atomic mass is 9.99. The number of aromatic nitrogens is 3. The Morgan fingerprint density at radius 3 is 3.00 bits per heavy atom. The first-order valence-corrected chi connectivity index (χ1v) is 8.40. The van der Waals surface area contributed by atoms with Crippen molar-refractivity contribution in [1.82, 2.24) is 20.1 Å². The second-order valence-corrected chi connectivity index (χ2v) is 6.68. The van der Waals surface area contributed by atoms with E-state index in [9.17, 15) is 9.90 Å². The minimum atomic E-state index is -1.11. The molecule has 3 aromatic heterocycles. The average Bonchev–Trinajstić information content (AvgIpc) is 3.16. The van der Waals surface area contributed by atoms with Crippen molar-refractivity contribution >= 4 is 34.1 Å². The summed E-state index contributed by atoms with van der Waals surface area (Å²) in [6, 6.07) is 3.28. The fraction of sp³-hybridized carbons (Fsp3) is 0.312. The van der Waals surface area contributed by atoms with Gasteiger partial charge in [0.25, 0.3) is 0 Å². The number of carbonyl (C=O) groups excluding carboxylic acids is 1. The van der Waals surface area contributed by atoms with Gasteiger partial charge < -0.3 is 15.7 Å². The molecule has 3 aromatic rings. The summed E-state index contributed by atoms with van der Waals surface area (Å²) < 4.78 is 1.70. The molecule has 0 saturated carbocycles. The summed E-state index contributed by atoms with van der Waals surface area (Å²) >= 11 is 1.50. The molecule has 2 amide bonds. The van der Waals surface area contributed by atoms with E-state index >= 15 is 0 Å². The van der Waals surface area contributed by atoms with Crippen LogP contribution in [0, 0.1) is 6.92 Å². The molecule has 126 valence electrons. The number of pyridine rings is 1. The summed E-state index contributed by atoms with van der Waals surface area (Å²) in [5.41, 5.74) is 1.86. The van der Waals surface area contributed by atoms with E-state index in [0.717, 1.165) is 22.3 Å². The van der Waals surface area contributed by atoms with Gasteiger partial charge in [-0.15, -0.1) is 0 Å². The topological polar surface area (TPSA) is 92.1 Å². The molecule has 0 aromatic carbocycles. The number of hydrogen-bond donors (Lipinski definition) is 3. The summed E-state index contributed by atoms with van der Waals surface area (Å²) in [6.07, 6.45) is 1.58. The number of amides is 2. The zero-order valence-corrected chi connectivity index (χ0v) is 14.5. The van der Waals surface area contributed by atoms with E-state index in [-0.39, 0.29) is 6.54 Å². The van der Waals surface area contributed by atoms with E-state index in [1.807, 2.05) is 36.9 Å². The molecule has 3 heterocycles. The van der Waals surface area contributed by atoms with Gasteiger partial charge in [-0.05, 0) is 42.3 Å². The maximum atomic E-state index is 12.1. The van der Waals surface area contributed by atoms with Crippen LogP contribution in [0.25, 0.3) is 11.0 Å². The quantitative estimate of drug-likeness (QED) is 0.677. The van der Waals surface area contributed by atoms with Gasteiger partial charge in [0.1, 0.15) is 5.60 Å². The molecule has 0 aliphatic heterocycles. The van der Waals surface area contributed by atoms with Crippen molar-refractivity contribution in [2.45, 2.75) is 19.4 Å². The molecular formula is C16H19N5O2S. The van der Waals surface area contributed by atoms with E-state index in [0.29, 0.717) is 5.69 Å². The monoisotopic (exact) mass is 345 g/mol. The summed E-state index contributed by atoms with van der Waals surface area (Å²) in [5, 5.41) is 24.8. The number of nitrogens with zero attached hydrogens (tertiary/aromatic N) is 3. The largest absolute Gasteiger partial charge is 0.384 e. The van der Waals surface area contributed by atoms with Crippen LogP contribution in [0.4, 0.5) is 10.5 Å². The minimum absolute atomic E-state index is 0.108. The van der Waals surface area contributed by atoms with Crippen molar-refractivity contribution in [2.24, 2.45) is 7.05 Å². The predicted molar refractivity (Wildman–Crippen MR) is 94.2 cm³/mol. The van der Waals surface area contributed by atoms with Crippen molar-refractivity contribution in [3.05, 3.63) is 40.3 Å². The van der Waals surface area contributed by atoms with Gasteiger partial charge in [-0.2, -0.15) is 16.4 Å². The number of thiophene rings is 1. The Hall–Kier alpha value is -2.45. The Morgan fingerprint density at radius 1 is 1.50 bits per heavy atom. The third-order valence-electron chi connectivity index (χ3n) is 3.86. The lowest BCUT2D eigenvalue weighted by Gasteiger charge is -2.22. The molecule has 0 aliphatic rings. The highest BCUT2D eigenvalue weighted by atomic mass is 32.1. The van der Waals surface area contributed by atoms with E-state index < -0.39 is 11.6 Å². The maximum absolute atomic E-state index is 12.1. The first-order valence-electron chi connectivity index (χ1n) is 7.46. The Balaban J connectivity index is 1.66. The normalized spacial score (nSPS) is 13.7. The van der Waals surface area contributed by atoms with Crippen molar-refractivity contribution in [3.63, 3.8) is 0 Å². The van der Waals surface area contributed by atoms with Crippen molar-refractivity contribution in [3.8, 4) is 0 Å². The van der Waals surface area contributed by atoms with Crippen molar-refractivity contribution < 1.29 is 9.90 Å². The van der Waals surface area contributed by atoms with Crippen LogP contribution in [-0.4, -0.2) is 32.4 Å². The molecule has 1 atom stereocenters. The number of hydrogen-bond acceptors (Lipinski definition) is 5. The molecule has 8 heteroatoms. The maximum Gasteiger partial charge on any atom is 0.319 e. The van der Waals surface area contributed by atoms with Crippen LogP contribution in [0.15, 0.2) is 29.1 Å². The molecule has 0 saturated heterocycles. The third kappa shape index (κ3) is 3.24. The summed E-state index contributed by atoms with van der Waals surface area (Å²) in [4.78, 5) is 16.4. The van der Waals surface area contributed by atoms with E-state index in [4.69, 9.17) is 0 Å². The van der Waals surface area contributed by atoms with E-state index in [1.54, 1.807) is 17.8 Å². The fourth-order valence-corrected chi connectivity index (χ4v) is 3.26. The number of urea groups is 1. The van der Waals surface area contributed by atoms with E-state index in [1.165, 1.54) is 11.3 Å². The summed E-state index contributed by atoms with van der Waals surface area (Å²) in [7, 11) is 1.83. The zero-order chi connectivity index (χ0) is 17.3. The number of fused-ring (bicyclic) bond motifs is 1. The molecule has 0 radical (unpaired) electrons. The second kappa shape index (κ2) is 6.21. The molecule has 0 aliphatic carbocycles. The van der Waals surface area contributed by atoms with Gasteiger partial charge in [0.05, 0.1) is 24.1 Å². The minimum Gasteiger partial charge on any atom is -0.384 e. The highest BCUT2D eigenvalue weighted by Gasteiger charge is 2.24. The first kappa shape index (κ1) is 16.4. The standard InChI is InChI=1S/C16H19N5O2S/c1-10-13-6-12(7-17-14(13)21(3)20-10)19-15(22)18-9-16(2,23)11-4-5-24-8-11/h4-8,23H,9H2,1-3H3,(H2,18,19,22). The molecule has 0 spiro atoms. The average molecular weight is 345 g/mol. The lowest BCUT2D eigenvalue weighted by Crippen LogP contribution is -2.40. The number of aliphatic hydroxyl groups is 1. The first-order chi connectivity index (χ1) is 11.4. The smallest absolute Gasteiger partial charge is 0.319 e. The number of nitrogens with one attached hydrogen (secondary N) is 2. The van der Waals surface area contributed by atoms with Gasteiger partial charge in [-0.3, -0.25) is 4.68 Å². The summed E-state index contributed by atoms with van der Waals surface area (Å²) in [5.74, 6) is 0. The Bertz CT molecular complexity index is 870. The molecular weight excluding hydrogens is 326 g/mol. The van der Waals surface area contributed by atoms with Crippen LogP contribution in [0.5, 0.6) is 0 Å². The summed E-state index contributed by atoms with van der Waals surface area (Å²) in [6.45, 7) is 3.67. The molecule has 7 nitrogen and oxygen atoms in total. The predicted octanol–water partition coefficient (Wildman–Crippen LogP) is 2.37. The number of carbonyl (C=O) groups is 1. The molecule has 0 bridgehead atoms. The zero-order valence-electron chi connectivity index (χ0n) is 13.7. The van der Waals surface area contributed by atoms with Gasteiger partial charge in [-0.25, -0.2) is 9.78 Å². The van der Waals surface area contributed by atoms with Crippen LogP contribution < -0.4 is 10.6 Å². The second-order valence-electron chi connectivity index (χ2n) is 5.90. The Kier molecular flexibility index (Phi) is 4.25. The van der Waals surface area contributed by atoms with Crippen LogP contribution in [-0.2, 0) is 12.6 Å². The number of aryl methyl sites for hydroxylation is 2. The lowest BCUT2D eigenvalue weighted by molar-refractivity contribution is 0.0604.